The molecule has 5 aliphatic carbocycles. The van der Waals surface area contributed by atoms with Gasteiger partial charge in [-0.1, -0.05) is 36.4 Å². The molecule has 0 aliphatic heterocycles. The molecule has 0 N–H and O–H groups in total. The summed E-state index contributed by atoms with van der Waals surface area (Å²) in [5, 5.41) is 5.46. The van der Waals surface area contributed by atoms with Gasteiger partial charge in [0.1, 0.15) is 0 Å². The largest absolute Gasteiger partial charge is 0.109 e. The van der Waals surface area contributed by atoms with Crippen LogP contribution in [-0.2, 0) is 11.3 Å². The molecule has 19 heavy (non-hydrogen) atoms. The zero-order valence-electron chi connectivity index (χ0n) is 10.5. The first-order chi connectivity index (χ1) is 9.27. The van der Waals surface area contributed by atoms with Crippen LogP contribution in [-0.4, -0.2) is 0 Å². The molecule has 3 aromatic carbocycles. The maximum atomic E-state index is 7.09. The third kappa shape index (κ3) is 1.08. The lowest BCUT2D eigenvalue weighted by atomic mass is 9.78. The summed E-state index contributed by atoms with van der Waals surface area (Å²) < 4.78 is 0. The minimum absolute atomic E-state index is 0.315. The monoisotopic (exact) mass is 264 g/mol. The first-order valence-corrected chi connectivity index (χ1v) is 7.33. The number of halogens is 1. The van der Waals surface area contributed by atoms with Crippen molar-refractivity contribution in [2.75, 3.05) is 0 Å². The van der Waals surface area contributed by atoms with E-state index in [9.17, 15) is 0 Å². The van der Waals surface area contributed by atoms with Crippen molar-refractivity contribution in [3.8, 4) is 0 Å². The lowest BCUT2D eigenvalue weighted by molar-refractivity contribution is 0.568. The standard InChI is InChI=1S/C18H13Cl/c19-18-9-1-2-16-15-5-3-11-10-12(18)4-6-13(11)14(15)7-8-17(16)18/h3-8,10H,1-2,9H2. The fraction of sp³-hybridized carbons (Fsp3) is 0.222. The second-order valence-corrected chi connectivity index (χ2v) is 6.49. The molecule has 5 aliphatic rings. The van der Waals surface area contributed by atoms with Crippen molar-refractivity contribution in [1.82, 2.24) is 0 Å². The molecule has 0 spiro atoms. The first-order valence-electron chi connectivity index (χ1n) is 6.96. The maximum Gasteiger partial charge on any atom is 0.0947 e. The summed E-state index contributed by atoms with van der Waals surface area (Å²) in [6.45, 7) is 0. The molecule has 0 radical (unpaired) electrons. The summed E-state index contributed by atoms with van der Waals surface area (Å²) in [5.74, 6) is 0. The van der Waals surface area contributed by atoms with Crippen LogP contribution in [0.1, 0.15) is 29.5 Å². The highest BCUT2D eigenvalue weighted by atomic mass is 35.5. The van der Waals surface area contributed by atoms with E-state index >= 15 is 0 Å². The van der Waals surface area contributed by atoms with E-state index in [-0.39, 0.29) is 4.87 Å². The highest BCUT2D eigenvalue weighted by Crippen LogP contribution is 2.50. The molecule has 92 valence electrons. The second kappa shape index (κ2) is 3.13. The number of hydrogen-bond donors (Lipinski definition) is 0. The summed E-state index contributed by atoms with van der Waals surface area (Å²) in [6.07, 6.45) is 3.38. The van der Waals surface area contributed by atoms with Crippen LogP contribution in [0.5, 0.6) is 0 Å². The van der Waals surface area contributed by atoms with Gasteiger partial charge >= 0.3 is 0 Å². The normalized spacial score (nSPS) is 23.6. The average Bonchev–Trinajstić information content (AvgIpc) is 2.55. The Bertz CT molecular complexity index is 862. The van der Waals surface area contributed by atoms with E-state index in [1.54, 1.807) is 0 Å². The van der Waals surface area contributed by atoms with Crippen molar-refractivity contribution in [1.29, 1.82) is 0 Å². The Kier molecular flexibility index (Phi) is 1.70. The van der Waals surface area contributed by atoms with E-state index in [2.05, 4.69) is 42.5 Å². The van der Waals surface area contributed by atoms with Gasteiger partial charge in [0.15, 0.2) is 0 Å². The average molecular weight is 265 g/mol. The summed E-state index contributed by atoms with van der Waals surface area (Å²) >= 11 is 7.09. The quantitative estimate of drug-likeness (QED) is 0.390. The number of rotatable bonds is 0. The molecule has 0 fully saturated rings. The molecule has 0 aromatic heterocycles. The lowest BCUT2D eigenvalue weighted by Gasteiger charge is -2.34. The third-order valence-corrected chi connectivity index (χ3v) is 5.57. The maximum absolute atomic E-state index is 7.09. The summed E-state index contributed by atoms with van der Waals surface area (Å²) in [7, 11) is 0. The van der Waals surface area contributed by atoms with Crippen LogP contribution in [0.15, 0.2) is 42.5 Å². The minimum Gasteiger partial charge on any atom is -0.109 e. The van der Waals surface area contributed by atoms with E-state index in [0.717, 1.165) is 12.8 Å². The molecule has 8 rings (SSSR count). The van der Waals surface area contributed by atoms with Gasteiger partial charge in [-0.05, 0) is 63.6 Å². The summed E-state index contributed by atoms with van der Waals surface area (Å²) in [6, 6.07) is 15.8. The van der Waals surface area contributed by atoms with Crippen LogP contribution >= 0.6 is 11.6 Å². The van der Waals surface area contributed by atoms with E-state index in [4.69, 9.17) is 11.6 Å². The minimum atomic E-state index is -0.315. The van der Waals surface area contributed by atoms with E-state index < -0.39 is 0 Å². The van der Waals surface area contributed by atoms with Crippen molar-refractivity contribution in [2.45, 2.75) is 24.1 Å². The Morgan fingerprint density at radius 3 is 2.68 bits per heavy atom. The van der Waals surface area contributed by atoms with Gasteiger partial charge in [-0.15, -0.1) is 11.6 Å². The molecule has 0 amide bonds. The van der Waals surface area contributed by atoms with Gasteiger partial charge < -0.3 is 0 Å². The van der Waals surface area contributed by atoms with Crippen molar-refractivity contribution in [3.63, 3.8) is 0 Å². The van der Waals surface area contributed by atoms with Gasteiger partial charge in [0, 0.05) is 0 Å². The van der Waals surface area contributed by atoms with Gasteiger partial charge in [0.2, 0.25) is 0 Å². The Labute approximate surface area is 117 Å². The van der Waals surface area contributed by atoms with E-state index in [1.165, 1.54) is 44.7 Å². The SMILES string of the molecule is ClC12CCCc3c1ccc1c3ccc3cc2ccc31. The van der Waals surface area contributed by atoms with Crippen LogP contribution in [0.25, 0.3) is 21.5 Å². The Morgan fingerprint density at radius 1 is 0.895 bits per heavy atom. The number of benzene rings is 3. The van der Waals surface area contributed by atoms with Crippen molar-refractivity contribution < 1.29 is 0 Å². The molecule has 1 atom stereocenters. The van der Waals surface area contributed by atoms with Gasteiger partial charge in [-0.2, -0.15) is 0 Å². The van der Waals surface area contributed by atoms with Gasteiger partial charge in [-0.25, -0.2) is 0 Å². The molecule has 0 saturated heterocycles. The topological polar surface area (TPSA) is 0 Å². The highest BCUT2D eigenvalue weighted by molar-refractivity contribution is 6.27. The fourth-order valence-electron chi connectivity index (χ4n) is 4.04. The molecule has 8 bridgehead atoms. The predicted molar refractivity (Wildman–Crippen MR) is 81.0 cm³/mol. The first kappa shape index (κ1) is 10.3. The lowest BCUT2D eigenvalue weighted by Crippen LogP contribution is -2.25. The zero-order chi connectivity index (χ0) is 12.6. The Morgan fingerprint density at radius 2 is 1.74 bits per heavy atom. The number of hydrogen-bond acceptors (Lipinski definition) is 0. The molecule has 3 aromatic rings. The molecule has 0 nitrogen and oxygen atoms in total. The molecule has 0 saturated carbocycles. The van der Waals surface area contributed by atoms with Gasteiger partial charge in [0.05, 0.1) is 4.87 Å². The zero-order valence-corrected chi connectivity index (χ0v) is 11.3. The van der Waals surface area contributed by atoms with Gasteiger partial charge in [-0.3, -0.25) is 0 Å². The van der Waals surface area contributed by atoms with Crippen LogP contribution in [0.3, 0.4) is 0 Å². The number of aryl methyl sites for hydroxylation is 1. The smallest absolute Gasteiger partial charge is 0.0947 e. The van der Waals surface area contributed by atoms with Crippen LogP contribution in [0, 0.1) is 0 Å². The fourth-order valence-corrected chi connectivity index (χ4v) is 4.47. The number of alkyl halides is 1. The van der Waals surface area contributed by atoms with Crippen LogP contribution < -0.4 is 0 Å². The second-order valence-electron chi connectivity index (χ2n) is 5.84. The van der Waals surface area contributed by atoms with Gasteiger partial charge in [0.25, 0.3) is 0 Å². The Balaban J connectivity index is 2.19. The Hall–Kier alpha value is -1.53. The molecular weight excluding hydrogens is 252 g/mol. The third-order valence-electron chi connectivity index (χ3n) is 4.96. The van der Waals surface area contributed by atoms with Crippen LogP contribution in [0.4, 0.5) is 0 Å². The van der Waals surface area contributed by atoms with Crippen molar-refractivity contribution in [3.05, 3.63) is 59.2 Å². The predicted octanol–water partition coefficient (Wildman–Crippen LogP) is 5.13. The van der Waals surface area contributed by atoms with Crippen molar-refractivity contribution in [2.24, 2.45) is 0 Å². The van der Waals surface area contributed by atoms with Crippen LogP contribution in [0.2, 0.25) is 0 Å². The molecule has 1 unspecified atom stereocenters. The molecular formula is C18H13Cl. The number of fused-ring (bicyclic) bond motifs is 1. The van der Waals surface area contributed by atoms with E-state index in [1.807, 2.05) is 0 Å². The summed E-state index contributed by atoms with van der Waals surface area (Å²) in [4.78, 5) is -0.315. The van der Waals surface area contributed by atoms with Crippen molar-refractivity contribution >= 4 is 33.1 Å². The summed E-state index contributed by atoms with van der Waals surface area (Å²) in [5.41, 5.74) is 4.07. The highest BCUT2D eigenvalue weighted by Gasteiger charge is 2.38. The van der Waals surface area contributed by atoms with E-state index in [0.29, 0.717) is 0 Å². The molecule has 1 heteroatoms. The molecule has 0 heterocycles.